The quantitative estimate of drug-likeness (QED) is 0.302. The molecule has 2 fully saturated rings. The number of hydrogen-bond acceptors (Lipinski definition) is 6. The van der Waals surface area contributed by atoms with E-state index >= 15 is 0 Å². The molecule has 1 amide bonds. The fourth-order valence-corrected chi connectivity index (χ4v) is 5.06. The van der Waals surface area contributed by atoms with Crippen LogP contribution in [0.2, 0.25) is 0 Å². The maximum absolute atomic E-state index is 12.5. The Balaban J connectivity index is 1.96. The lowest BCUT2D eigenvalue weighted by molar-refractivity contribution is -0.131. The van der Waals surface area contributed by atoms with Crippen LogP contribution in [0.25, 0.3) is 0 Å². The number of oxime groups is 1. The summed E-state index contributed by atoms with van der Waals surface area (Å²) in [6.45, 7) is 1.55. The number of hydrogen-bond donors (Lipinski definition) is 3. The summed E-state index contributed by atoms with van der Waals surface area (Å²) in [5, 5.41) is 15.4. The van der Waals surface area contributed by atoms with E-state index in [-0.39, 0.29) is 11.7 Å². The molecule has 2 rings (SSSR count). The van der Waals surface area contributed by atoms with Crippen LogP contribution in [0.5, 0.6) is 0 Å². The van der Waals surface area contributed by atoms with E-state index in [1.165, 1.54) is 5.75 Å². The Kier molecular flexibility index (Phi) is 5.86. The highest BCUT2D eigenvalue weighted by atomic mass is 32.2. The van der Waals surface area contributed by atoms with Crippen molar-refractivity contribution in [3.63, 3.8) is 0 Å². The molecule has 6 nitrogen and oxygen atoms in total. The average molecular weight is 319 g/mol. The molecule has 8 heteroatoms. The van der Waals surface area contributed by atoms with Gasteiger partial charge in [0.15, 0.2) is 5.84 Å². The van der Waals surface area contributed by atoms with Gasteiger partial charge in [0.05, 0.1) is 0 Å². The molecule has 2 saturated heterocycles. The number of carbonyl (C=O) groups excluding carboxylic acids is 1. The second-order valence-corrected chi connectivity index (χ2v) is 7.52. The zero-order valence-electron chi connectivity index (χ0n) is 11.3. The number of amidine groups is 1. The topological polar surface area (TPSA) is 96.9 Å². The second kappa shape index (κ2) is 7.42. The fourth-order valence-electron chi connectivity index (χ4n) is 2.45. The summed E-state index contributed by atoms with van der Waals surface area (Å²) < 4.78 is 5.28. The predicted molar refractivity (Wildman–Crippen MR) is 82.5 cm³/mol. The first-order valence-corrected chi connectivity index (χ1v) is 8.93. The average Bonchev–Trinajstić information content (AvgIpc) is 2.53. The molecule has 1 atom stereocenters. The lowest BCUT2D eigenvalue weighted by Crippen LogP contribution is -2.53. The van der Waals surface area contributed by atoms with Gasteiger partial charge in [-0.15, -0.1) is 0 Å². The number of ether oxygens (including phenoxy) is 1. The number of thioether (sulfide) groups is 2. The molecule has 1 unspecified atom stereocenters. The van der Waals surface area contributed by atoms with Crippen molar-refractivity contribution < 1.29 is 14.7 Å². The summed E-state index contributed by atoms with van der Waals surface area (Å²) in [6.07, 6.45) is 0.919. The molecule has 2 aliphatic rings. The van der Waals surface area contributed by atoms with E-state index in [9.17, 15) is 4.79 Å². The summed E-state index contributed by atoms with van der Waals surface area (Å²) in [6, 6.07) is 0. The van der Waals surface area contributed by atoms with Gasteiger partial charge in [-0.05, 0) is 12.8 Å². The van der Waals surface area contributed by atoms with E-state index in [0.717, 1.165) is 11.5 Å². The minimum Gasteiger partial charge on any atom is -0.409 e. The van der Waals surface area contributed by atoms with E-state index in [0.29, 0.717) is 37.9 Å². The highest BCUT2D eigenvalue weighted by molar-refractivity contribution is 8.06. The van der Waals surface area contributed by atoms with E-state index in [1.54, 1.807) is 0 Å². The molecule has 2 heterocycles. The largest absolute Gasteiger partial charge is 0.409 e. The number of nitrogens with two attached hydrogens (primary N) is 1. The molecule has 0 radical (unpaired) electrons. The maximum atomic E-state index is 12.5. The van der Waals surface area contributed by atoms with Crippen molar-refractivity contribution in [1.82, 2.24) is 5.32 Å². The first-order valence-electron chi connectivity index (χ1n) is 6.72. The van der Waals surface area contributed by atoms with Gasteiger partial charge in [-0.25, -0.2) is 0 Å². The Morgan fingerprint density at radius 2 is 2.20 bits per heavy atom. The van der Waals surface area contributed by atoms with Crippen molar-refractivity contribution in [3.05, 3.63) is 0 Å². The van der Waals surface area contributed by atoms with Gasteiger partial charge in [0.1, 0.15) is 5.41 Å². The molecule has 0 bridgehead atoms. The minimum absolute atomic E-state index is 0.0102. The van der Waals surface area contributed by atoms with Gasteiger partial charge in [0.25, 0.3) is 0 Å². The third kappa shape index (κ3) is 3.53. The van der Waals surface area contributed by atoms with E-state index in [4.69, 9.17) is 15.7 Å². The van der Waals surface area contributed by atoms with Crippen LogP contribution >= 0.6 is 23.5 Å². The van der Waals surface area contributed by atoms with Gasteiger partial charge in [-0.1, -0.05) is 5.16 Å². The van der Waals surface area contributed by atoms with Crippen LogP contribution in [0.1, 0.15) is 12.8 Å². The van der Waals surface area contributed by atoms with Crippen LogP contribution in [0.3, 0.4) is 0 Å². The Morgan fingerprint density at radius 3 is 2.80 bits per heavy atom. The number of amides is 1. The molecule has 0 aromatic carbocycles. The summed E-state index contributed by atoms with van der Waals surface area (Å²) >= 11 is 3.81. The Labute approximate surface area is 127 Å². The van der Waals surface area contributed by atoms with Crippen molar-refractivity contribution >= 4 is 35.3 Å². The summed E-state index contributed by atoms with van der Waals surface area (Å²) in [5.41, 5.74) is 4.85. The Morgan fingerprint density at radius 1 is 1.45 bits per heavy atom. The molecule has 0 aliphatic carbocycles. The standard InChI is InChI=1S/C12H21N3O3S2/c13-10(15-17)12(1-3-18-4-2-12)11(16)14-7-9-8-19-5-6-20-9/h9,17H,1-8H2,(H2,13,15)(H,14,16). The molecule has 0 aromatic heterocycles. The van der Waals surface area contributed by atoms with Gasteiger partial charge in [-0.2, -0.15) is 23.5 Å². The van der Waals surface area contributed by atoms with Crippen LogP contribution in [-0.2, 0) is 9.53 Å². The van der Waals surface area contributed by atoms with E-state index in [2.05, 4.69) is 10.5 Å². The van der Waals surface area contributed by atoms with Crippen molar-refractivity contribution in [2.75, 3.05) is 37.0 Å². The molecule has 2 aliphatic heterocycles. The summed E-state index contributed by atoms with van der Waals surface area (Å²) in [4.78, 5) is 12.5. The predicted octanol–water partition coefficient (Wildman–Crippen LogP) is 0.494. The third-order valence-electron chi connectivity index (χ3n) is 3.75. The second-order valence-electron chi connectivity index (χ2n) is 4.96. The van der Waals surface area contributed by atoms with Crippen LogP contribution in [0.4, 0.5) is 0 Å². The van der Waals surface area contributed by atoms with Crippen LogP contribution < -0.4 is 11.1 Å². The first kappa shape index (κ1) is 15.8. The van der Waals surface area contributed by atoms with Gasteiger partial charge >= 0.3 is 0 Å². The van der Waals surface area contributed by atoms with E-state index < -0.39 is 5.41 Å². The first-order chi connectivity index (χ1) is 9.69. The van der Waals surface area contributed by atoms with E-state index in [1.807, 2.05) is 23.5 Å². The van der Waals surface area contributed by atoms with Crippen LogP contribution in [-0.4, -0.2) is 59.2 Å². The highest BCUT2D eigenvalue weighted by Crippen LogP contribution is 2.31. The van der Waals surface area contributed by atoms with Gasteiger partial charge in [0, 0.05) is 42.3 Å². The lowest BCUT2D eigenvalue weighted by Gasteiger charge is -2.35. The van der Waals surface area contributed by atoms with Gasteiger partial charge < -0.3 is 21.0 Å². The Bertz CT molecular complexity index is 367. The van der Waals surface area contributed by atoms with Gasteiger partial charge in [0.2, 0.25) is 5.91 Å². The number of carbonyl (C=O) groups is 1. The minimum atomic E-state index is -0.917. The molecule has 0 aromatic rings. The molecular weight excluding hydrogens is 298 g/mol. The molecule has 4 N–H and O–H groups in total. The van der Waals surface area contributed by atoms with Crippen LogP contribution in [0.15, 0.2) is 5.16 Å². The normalized spacial score (nSPS) is 27.0. The highest BCUT2D eigenvalue weighted by Gasteiger charge is 2.44. The third-order valence-corrected chi connectivity index (χ3v) is 6.60. The smallest absolute Gasteiger partial charge is 0.234 e. The molecular formula is C12H21N3O3S2. The van der Waals surface area contributed by atoms with Crippen molar-refractivity contribution in [1.29, 1.82) is 0 Å². The molecule has 114 valence electrons. The lowest BCUT2D eigenvalue weighted by atomic mass is 9.78. The Hall–Kier alpha value is -0.600. The fraction of sp³-hybridized carbons (Fsp3) is 0.833. The van der Waals surface area contributed by atoms with Crippen LogP contribution in [0, 0.1) is 5.41 Å². The number of nitrogens with one attached hydrogen (secondary N) is 1. The maximum Gasteiger partial charge on any atom is 0.234 e. The zero-order chi connectivity index (χ0) is 14.4. The number of rotatable bonds is 4. The van der Waals surface area contributed by atoms with Crippen molar-refractivity contribution in [2.24, 2.45) is 16.3 Å². The summed E-state index contributed by atoms with van der Waals surface area (Å²) in [5.74, 6) is 3.21. The molecule has 0 saturated carbocycles. The molecule has 20 heavy (non-hydrogen) atoms. The van der Waals surface area contributed by atoms with Gasteiger partial charge in [-0.3, -0.25) is 4.79 Å². The monoisotopic (exact) mass is 319 g/mol. The van der Waals surface area contributed by atoms with Crippen molar-refractivity contribution in [2.45, 2.75) is 18.1 Å². The number of nitrogens with zero attached hydrogens (tertiary/aromatic N) is 1. The summed E-state index contributed by atoms with van der Waals surface area (Å²) in [7, 11) is 0. The molecule has 0 spiro atoms. The zero-order valence-corrected chi connectivity index (χ0v) is 13.0. The van der Waals surface area contributed by atoms with Crippen molar-refractivity contribution in [3.8, 4) is 0 Å². The SMILES string of the molecule is NC(=NO)C1(C(=O)NCC2CSCCS2)CCOCC1.